The van der Waals surface area contributed by atoms with Crippen LogP contribution in [-0.4, -0.2) is 67.3 Å². The van der Waals surface area contributed by atoms with Gasteiger partial charge in [0.05, 0.1) is 19.4 Å². The van der Waals surface area contributed by atoms with Gasteiger partial charge in [-0.05, 0) is 66.4 Å². The lowest BCUT2D eigenvalue weighted by Crippen LogP contribution is -2.48. The summed E-state index contributed by atoms with van der Waals surface area (Å²) in [5, 5.41) is 0.712. The number of anilines is 2. The highest BCUT2D eigenvalue weighted by Crippen LogP contribution is 2.38. The van der Waals surface area contributed by atoms with Gasteiger partial charge in [-0.1, -0.05) is 23.7 Å². The van der Waals surface area contributed by atoms with E-state index in [1.165, 1.54) is 12.7 Å². The molecule has 224 valence electrons. The average molecular weight is 604 g/mol. The smallest absolute Gasteiger partial charge is 0.373 e. The Morgan fingerprint density at radius 2 is 1.81 bits per heavy atom. The molecule has 2 aromatic carbocycles. The third kappa shape index (κ3) is 6.77. The van der Waals surface area contributed by atoms with Gasteiger partial charge in [-0.15, -0.1) is 0 Å². The summed E-state index contributed by atoms with van der Waals surface area (Å²) in [5.74, 6) is 2.33. The fourth-order valence-corrected chi connectivity index (χ4v) is 5.65. The molecule has 1 aliphatic carbocycles. The molecule has 0 unspecified atom stereocenters. The standard InChI is InChI=1S/C32H34ClN5O5/c1-40-31(39)28-11-8-25(43-28)20-41-17-16-37-12-14-38(15-13-37)30-27-9-4-22-18-24(42-19-21-2-5-23(33)6-3-21)7-10-26(22)29(27)35-32(34)36-30/h2-3,5-8,10-11,18H,4,9,12-17,19-20H2,1H3,(H2,34,35,36). The summed E-state index contributed by atoms with van der Waals surface area (Å²) in [6.07, 6.45) is 1.73. The van der Waals surface area contributed by atoms with Crippen molar-refractivity contribution in [1.82, 2.24) is 14.9 Å². The van der Waals surface area contributed by atoms with Crippen LogP contribution < -0.4 is 15.4 Å². The summed E-state index contributed by atoms with van der Waals surface area (Å²) in [4.78, 5) is 25.6. The van der Waals surface area contributed by atoms with E-state index in [-0.39, 0.29) is 11.7 Å². The molecule has 0 radical (unpaired) electrons. The molecule has 2 aliphatic rings. The van der Waals surface area contributed by atoms with E-state index in [2.05, 4.69) is 31.7 Å². The predicted octanol–water partition coefficient (Wildman–Crippen LogP) is 4.78. The number of hydrogen-bond acceptors (Lipinski definition) is 10. The van der Waals surface area contributed by atoms with Crippen molar-refractivity contribution in [3.8, 4) is 17.0 Å². The van der Waals surface area contributed by atoms with Gasteiger partial charge in [-0.25, -0.2) is 9.78 Å². The Morgan fingerprint density at radius 3 is 2.60 bits per heavy atom. The summed E-state index contributed by atoms with van der Waals surface area (Å²) in [7, 11) is 1.32. The first kappa shape index (κ1) is 29.0. The largest absolute Gasteiger partial charge is 0.489 e. The third-order valence-electron chi connectivity index (χ3n) is 7.81. The van der Waals surface area contributed by atoms with Crippen LogP contribution in [0.3, 0.4) is 0 Å². The first-order valence-corrected chi connectivity index (χ1v) is 14.7. The van der Waals surface area contributed by atoms with Crippen molar-refractivity contribution in [2.45, 2.75) is 26.1 Å². The summed E-state index contributed by atoms with van der Waals surface area (Å²) in [6, 6.07) is 17.2. The zero-order valence-corrected chi connectivity index (χ0v) is 24.8. The molecule has 1 saturated heterocycles. The number of nitrogen functional groups attached to an aromatic ring is 1. The second-order valence-electron chi connectivity index (χ2n) is 10.6. The summed E-state index contributed by atoms with van der Waals surface area (Å²) in [6.45, 7) is 5.61. The van der Waals surface area contributed by atoms with E-state index < -0.39 is 5.97 Å². The van der Waals surface area contributed by atoms with Crippen LogP contribution in [0.2, 0.25) is 5.02 Å². The van der Waals surface area contributed by atoms with Crippen molar-refractivity contribution >= 4 is 29.3 Å². The van der Waals surface area contributed by atoms with Crippen molar-refractivity contribution < 1.29 is 23.4 Å². The highest BCUT2D eigenvalue weighted by atomic mass is 35.5. The highest BCUT2D eigenvalue weighted by molar-refractivity contribution is 6.30. The maximum atomic E-state index is 11.5. The Hall–Kier alpha value is -4.12. The number of aromatic nitrogens is 2. The Bertz CT molecular complexity index is 1580. The van der Waals surface area contributed by atoms with E-state index in [1.807, 2.05) is 30.3 Å². The number of ether oxygens (including phenoxy) is 3. The van der Waals surface area contributed by atoms with Crippen LogP contribution in [0.5, 0.6) is 5.75 Å². The van der Waals surface area contributed by atoms with Gasteiger partial charge in [-0.3, -0.25) is 4.90 Å². The average Bonchev–Trinajstić information content (AvgIpc) is 3.51. The second-order valence-corrected chi connectivity index (χ2v) is 11.0. The Balaban J connectivity index is 1.04. The molecule has 4 aromatic rings. The number of fused-ring (bicyclic) bond motifs is 3. The van der Waals surface area contributed by atoms with Gasteiger partial charge >= 0.3 is 5.97 Å². The summed E-state index contributed by atoms with van der Waals surface area (Å²) >= 11 is 6.00. The lowest BCUT2D eigenvalue weighted by Gasteiger charge is -2.37. The van der Waals surface area contributed by atoms with Crippen molar-refractivity contribution in [2.75, 3.05) is 57.1 Å². The molecule has 6 rings (SSSR count). The fourth-order valence-electron chi connectivity index (χ4n) is 5.52. The van der Waals surface area contributed by atoms with Crippen LogP contribution in [0.4, 0.5) is 11.8 Å². The molecule has 3 heterocycles. The maximum absolute atomic E-state index is 11.5. The first-order chi connectivity index (χ1) is 21.0. The van der Waals surface area contributed by atoms with Crippen molar-refractivity contribution in [3.05, 3.63) is 87.8 Å². The number of methoxy groups -OCH3 is 1. The van der Waals surface area contributed by atoms with Crippen LogP contribution >= 0.6 is 11.6 Å². The minimum atomic E-state index is -0.495. The van der Waals surface area contributed by atoms with Crippen LogP contribution in [0.1, 0.15) is 33.0 Å². The number of piperazine rings is 1. The molecule has 2 aromatic heterocycles. The topological polar surface area (TPSA) is 116 Å². The Labute approximate surface area is 255 Å². The first-order valence-electron chi connectivity index (χ1n) is 14.4. The summed E-state index contributed by atoms with van der Waals surface area (Å²) < 4.78 is 22.0. The van der Waals surface area contributed by atoms with E-state index in [9.17, 15) is 4.79 Å². The number of carbonyl (C=O) groups excluding carboxylic acids is 1. The Kier molecular flexibility index (Phi) is 8.78. The Morgan fingerprint density at radius 1 is 1.00 bits per heavy atom. The number of aryl methyl sites for hydroxylation is 1. The predicted molar refractivity (Wildman–Crippen MR) is 163 cm³/mol. The van der Waals surface area contributed by atoms with Crippen LogP contribution in [0.25, 0.3) is 11.3 Å². The number of halogens is 1. The molecule has 1 aliphatic heterocycles. The van der Waals surface area contributed by atoms with Crippen LogP contribution in [0, 0.1) is 0 Å². The number of furan rings is 1. The van der Waals surface area contributed by atoms with Crippen molar-refractivity contribution in [3.63, 3.8) is 0 Å². The number of benzene rings is 2. The molecule has 0 atom stereocenters. The zero-order chi connectivity index (χ0) is 29.8. The summed E-state index contributed by atoms with van der Waals surface area (Å²) in [5.41, 5.74) is 11.7. The molecule has 2 N–H and O–H groups in total. The molecule has 0 amide bonds. The molecule has 43 heavy (non-hydrogen) atoms. The quantitative estimate of drug-likeness (QED) is 0.201. The normalized spacial score (nSPS) is 14.7. The molecule has 0 saturated carbocycles. The number of nitrogens with zero attached hydrogens (tertiary/aromatic N) is 4. The lowest BCUT2D eigenvalue weighted by atomic mass is 9.88. The van der Waals surface area contributed by atoms with Crippen molar-refractivity contribution in [2.24, 2.45) is 0 Å². The molecule has 10 nitrogen and oxygen atoms in total. The molecule has 0 bridgehead atoms. The van der Waals surface area contributed by atoms with E-state index in [0.717, 1.165) is 79.5 Å². The second kappa shape index (κ2) is 13.0. The number of rotatable bonds is 10. The van der Waals surface area contributed by atoms with Gasteiger partial charge in [0.25, 0.3) is 0 Å². The van der Waals surface area contributed by atoms with Gasteiger partial charge < -0.3 is 29.3 Å². The molecular formula is C32H34ClN5O5. The minimum Gasteiger partial charge on any atom is -0.489 e. The lowest BCUT2D eigenvalue weighted by molar-refractivity contribution is 0.0545. The number of nitrogens with two attached hydrogens (primary N) is 1. The van der Waals surface area contributed by atoms with Crippen LogP contribution in [0.15, 0.2) is 59.0 Å². The van der Waals surface area contributed by atoms with Gasteiger partial charge in [0, 0.05) is 48.9 Å². The zero-order valence-electron chi connectivity index (χ0n) is 24.1. The molecule has 0 spiro atoms. The van der Waals surface area contributed by atoms with Gasteiger partial charge in [0.1, 0.15) is 30.5 Å². The molecular weight excluding hydrogens is 570 g/mol. The molecule has 1 fully saturated rings. The fraction of sp³-hybridized carbons (Fsp3) is 0.344. The SMILES string of the molecule is COC(=O)c1ccc(COCCN2CCN(c3nc(N)nc4c3CCc3cc(OCc5ccc(Cl)cc5)ccc3-4)CC2)o1. The number of hydrogen-bond donors (Lipinski definition) is 1. The van der Waals surface area contributed by atoms with E-state index in [4.69, 9.17) is 36.2 Å². The van der Waals surface area contributed by atoms with Crippen molar-refractivity contribution in [1.29, 1.82) is 0 Å². The number of carbonyl (C=O) groups is 1. The van der Waals surface area contributed by atoms with Gasteiger partial charge in [0.2, 0.25) is 11.7 Å². The minimum absolute atomic E-state index is 0.178. The van der Waals surface area contributed by atoms with E-state index in [1.54, 1.807) is 12.1 Å². The van der Waals surface area contributed by atoms with E-state index in [0.29, 0.717) is 30.6 Å². The molecule has 11 heteroatoms. The highest BCUT2D eigenvalue weighted by Gasteiger charge is 2.27. The van der Waals surface area contributed by atoms with Gasteiger partial charge in [0.15, 0.2) is 0 Å². The monoisotopic (exact) mass is 603 g/mol. The van der Waals surface area contributed by atoms with E-state index >= 15 is 0 Å². The number of esters is 1. The third-order valence-corrected chi connectivity index (χ3v) is 8.07. The van der Waals surface area contributed by atoms with Crippen LogP contribution in [-0.2, 0) is 35.5 Å². The van der Waals surface area contributed by atoms with Gasteiger partial charge in [-0.2, -0.15) is 4.98 Å². The maximum Gasteiger partial charge on any atom is 0.373 e.